The quantitative estimate of drug-likeness (QED) is 0.244. The van der Waals surface area contributed by atoms with E-state index in [0.717, 1.165) is 13.0 Å². The minimum absolute atomic E-state index is 0.111. The van der Waals surface area contributed by atoms with E-state index in [9.17, 15) is 19.2 Å². The maximum atomic E-state index is 11.4. The van der Waals surface area contributed by atoms with Crippen molar-refractivity contribution >= 4 is 24.3 Å². The first-order chi connectivity index (χ1) is 11.1. The third-order valence-electron chi connectivity index (χ3n) is 3.16. The molecule has 0 saturated carbocycles. The Hall–Kier alpha value is -2.90. The zero-order chi connectivity index (χ0) is 16.7. The molecule has 0 atom stereocenters. The summed E-state index contributed by atoms with van der Waals surface area (Å²) in [6, 6.07) is 5.98. The molecule has 8 nitrogen and oxygen atoms in total. The molecule has 1 aliphatic rings. The van der Waals surface area contributed by atoms with Gasteiger partial charge in [-0.05, 0) is 30.7 Å². The Bertz CT molecular complexity index is 596. The third kappa shape index (κ3) is 4.80. The van der Waals surface area contributed by atoms with Crippen LogP contribution < -0.4 is 9.47 Å². The Morgan fingerprint density at radius 1 is 1.13 bits per heavy atom. The van der Waals surface area contributed by atoms with Gasteiger partial charge in [-0.25, -0.2) is 9.59 Å². The molecule has 122 valence electrons. The zero-order valence-corrected chi connectivity index (χ0v) is 12.2. The monoisotopic (exact) mass is 321 g/mol. The van der Waals surface area contributed by atoms with E-state index in [1.165, 1.54) is 12.1 Å². The Labute approximate surface area is 131 Å². The fourth-order valence-electron chi connectivity index (χ4n) is 2.06. The van der Waals surface area contributed by atoms with Crippen LogP contribution in [0.25, 0.3) is 0 Å². The highest BCUT2D eigenvalue weighted by molar-refractivity contribution is 6.31. The van der Waals surface area contributed by atoms with Crippen LogP contribution in [-0.2, 0) is 23.9 Å². The number of carbonyl (C=O) groups excluding carboxylic acids is 4. The molecule has 2 rings (SSSR count). The van der Waals surface area contributed by atoms with Crippen LogP contribution in [0.15, 0.2) is 24.3 Å². The van der Waals surface area contributed by atoms with Crippen LogP contribution in [-0.4, -0.2) is 48.9 Å². The number of nitrogens with zero attached hydrogens (tertiary/aromatic N) is 1. The van der Waals surface area contributed by atoms with Crippen molar-refractivity contribution in [1.29, 1.82) is 0 Å². The molecule has 1 aliphatic heterocycles. The van der Waals surface area contributed by atoms with Crippen LogP contribution in [0.3, 0.4) is 0 Å². The second-order valence-electron chi connectivity index (χ2n) is 4.70. The molecule has 1 aromatic carbocycles. The van der Waals surface area contributed by atoms with Gasteiger partial charge in [-0.15, -0.1) is 0 Å². The SMILES string of the molecule is O=COC(=O)C(=O)Oc1ccc(OCCN2CCCC2=O)cc1. The highest BCUT2D eigenvalue weighted by atomic mass is 16.6. The fourth-order valence-corrected chi connectivity index (χ4v) is 2.06. The standard InChI is InChI=1S/C15H15NO7/c17-10-22-14(19)15(20)23-12-5-3-11(4-6-12)21-9-8-16-7-1-2-13(16)18/h3-6,10H,1-2,7-9H2. The molecule has 0 spiro atoms. The molecule has 23 heavy (non-hydrogen) atoms. The first-order valence-electron chi connectivity index (χ1n) is 6.97. The van der Waals surface area contributed by atoms with Crippen molar-refractivity contribution in [2.24, 2.45) is 0 Å². The third-order valence-corrected chi connectivity index (χ3v) is 3.16. The summed E-state index contributed by atoms with van der Waals surface area (Å²) < 4.78 is 14.1. The van der Waals surface area contributed by atoms with E-state index in [0.29, 0.717) is 25.3 Å². The summed E-state index contributed by atoms with van der Waals surface area (Å²) in [7, 11) is 0. The van der Waals surface area contributed by atoms with Crippen LogP contribution in [0.1, 0.15) is 12.8 Å². The van der Waals surface area contributed by atoms with Crippen molar-refractivity contribution in [2.75, 3.05) is 19.7 Å². The smallest absolute Gasteiger partial charge is 0.425 e. The van der Waals surface area contributed by atoms with E-state index >= 15 is 0 Å². The van der Waals surface area contributed by atoms with E-state index in [1.54, 1.807) is 17.0 Å². The second kappa shape index (κ2) is 7.92. The zero-order valence-electron chi connectivity index (χ0n) is 12.2. The van der Waals surface area contributed by atoms with Gasteiger partial charge in [0.2, 0.25) is 5.91 Å². The lowest BCUT2D eigenvalue weighted by Crippen LogP contribution is -2.29. The molecule has 8 heteroatoms. The molecular formula is C15H15NO7. The first kappa shape index (κ1) is 16.5. The number of benzene rings is 1. The normalized spacial score (nSPS) is 13.6. The van der Waals surface area contributed by atoms with Crippen LogP contribution >= 0.6 is 0 Å². The van der Waals surface area contributed by atoms with Gasteiger partial charge >= 0.3 is 18.4 Å². The number of hydrogen-bond acceptors (Lipinski definition) is 7. The predicted octanol–water partition coefficient (Wildman–Crippen LogP) is 0.293. The van der Waals surface area contributed by atoms with Crippen molar-refractivity contribution < 1.29 is 33.4 Å². The molecule has 1 fully saturated rings. The summed E-state index contributed by atoms with van der Waals surface area (Å²) in [5, 5.41) is 0. The van der Waals surface area contributed by atoms with E-state index < -0.39 is 11.9 Å². The molecule has 0 aromatic heterocycles. The van der Waals surface area contributed by atoms with Crippen LogP contribution in [0.5, 0.6) is 11.5 Å². The minimum Gasteiger partial charge on any atom is -0.492 e. The Morgan fingerprint density at radius 2 is 1.83 bits per heavy atom. The topological polar surface area (TPSA) is 99.2 Å². The lowest BCUT2D eigenvalue weighted by atomic mass is 10.3. The molecule has 1 saturated heterocycles. The van der Waals surface area contributed by atoms with Crippen molar-refractivity contribution in [2.45, 2.75) is 12.8 Å². The van der Waals surface area contributed by atoms with Gasteiger partial charge in [-0.3, -0.25) is 9.59 Å². The molecular weight excluding hydrogens is 306 g/mol. The van der Waals surface area contributed by atoms with Gasteiger partial charge < -0.3 is 19.1 Å². The van der Waals surface area contributed by atoms with Gasteiger partial charge in [0.25, 0.3) is 0 Å². The summed E-state index contributed by atoms with van der Waals surface area (Å²) in [4.78, 5) is 45.2. The summed E-state index contributed by atoms with van der Waals surface area (Å²) >= 11 is 0. The average Bonchev–Trinajstić information content (AvgIpc) is 2.94. The molecule has 1 heterocycles. The molecule has 0 aliphatic carbocycles. The van der Waals surface area contributed by atoms with E-state index in [2.05, 4.69) is 4.74 Å². The molecule has 1 amide bonds. The van der Waals surface area contributed by atoms with Crippen molar-refractivity contribution in [1.82, 2.24) is 4.90 Å². The van der Waals surface area contributed by atoms with Gasteiger partial charge in [-0.1, -0.05) is 0 Å². The van der Waals surface area contributed by atoms with Crippen molar-refractivity contribution in [3.8, 4) is 11.5 Å². The maximum absolute atomic E-state index is 11.4. The highest BCUT2D eigenvalue weighted by Crippen LogP contribution is 2.18. The Kier molecular flexibility index (Phi) is 5.67. The van der Waals surface area contributed by atoms with Crippen molar-refractivity contribution in [3.63, 3.8) is 0 Å². The largest absolute Gasteiger partial charge is 0.492 e. The second-order valence-corrected chi connectivity index (χ2v) is 4.70. The minimum atomic E-state index is -1.39. The molecule has 1 aromatic rings. The predicted molar refractivity (Wildman–Crippen MR) is 75.5 cm³/mol. The lowest BCUT2D eigenvalue weighted by Gasteiger charge is -2.15. The summed E-state index contributed by atoms with van der Waals surface area (Å²) in [6.07, 6.45) is 1.47. The first-order valence-corrected chi connectivity index (χ1v) is 6.97. The number of esters is 2. The Morgan fingerprint density at radius 3 is 2.43 bits per heavy atom. The van der Waals surface area contributed by atoms with Crippen molar-refractivity contribution in [3.05, 3.63) is 24.3 Å². The summed E-state index contributed by atoms with van der Waals surface area (Å²) in [5.74, 6) is -1.90. The average molecular weight is 321 g/mol. The highest BCUT2D eigenvalue weighted by Gasteiger charge is 2.20. The van der Waals surface area contributed by atoms with Gasteiger partial charge in [0.05, 0.1) is 6.54 Å². The fraction of sp³-hybridized carbons (Fsp3) is 0.333. The lowest BCUT2D eigenvalue weighted by molar-refractivity contribution is -0.164. The Balaban J connectivity index is 1.77. The van der Waals surface area contributed by atoms with E-state index in [1.807, 2.05) is 0 Å². The van der Waals surface area contributed by atoms with Gasteiger partial charge in [0, 0.05) is 13.0 Å². The molecule has 0 unspecified atom stereocenters. The maximum Gasteiger partial charge on any atom is 0.425 e. The number of likely N-dealkylation sites (tertiary alicyclic amines) is 1. The van der Waals surface area contributed by atoms with Crippen LogP contribution in [0, 0.1) is 0 Å². The van der Waals surface area contributed by atoms with Gasteiger partial charge in [0.15, 0.2) is 0 Å². The van der Waals surface area contributed by atoms with E-state index in [4.69, 9.17) is 9.47 Å². The van der Waals surface area contributed by atoms with Crippen LogP contribution in [0.2, 0.25) is 0 Å². The van der Waals surface area contributed by atoms with E-state index in [-0.39, 0.29) is 18.1 Å². The number of hydrogen-bond donors (Lipinski definition) is 0. The molecule has 0 N–H and O–H groups in total. The summed E-state index contributed by atoms with van der Waals surface area (Å²) in [5.41, 5.74) is 0. The molecule has 0 radical (unpaired) electrons. The summed E-state index contributed by atoms with van der Waals surface area (Å²) in [6.45, 7) is 1.49. The van der Waals surface area contributed by atoms with Gasteiger partial charge in [-0.2, -0.15) is 0 Å². The number of amides is 1. The van der Waals surface area contributed by atoms with Crippen LogP contribution in [0.4, 0.5) is 0 Å². The molecule has 0 bridgehead atoms. The number of ether oxygens (including phenoxy) is 3. The number of rotatable bonds is 6. The van der Waals surface area contributed by atoms with Gasteiger partial charge in [0.1, 0.15) is 18.1 Å². The number of carbonyl (C=O) groups is 4.